The van der Waals surface area contributed by atoms with Gasteiger partial charge in [0.2, 0.25) is 5.91 Å². The Morgan fingerprint density at radius 2 is 2.38 bits per heavy atom. The predicted molar refractivity (Wildman–Crippen MR) is 48.4 cm³/mol. The maximum atomic E-state index is 11.2. The van der Waals surface area contributed by atoms with Gasteiger partial charge in [0.1, 0.15) is 0 Å². The number of likely N-dealkylation sites (tertiary alicyclic amines) is 1. The molecule has 2 aliphatic rings. The lowest BCUT2D eigenvalue weighted by atomic mass is 10.2. The molecule has 0 radical (unpaired) electrons. The fourth-order valence-electron chi connectivity index (χ4n) is 1.97. The van der Waals surface area contributed by atoms with Crippen LogP contribution in [0.3, 0.4) is 0 Å². The number of hydrogen-bond acceptors (Lipinski definition) is 3. The fraction of sp³-hybridized carbons (Fsp3) is 0.889. The highest BCUT2D eigenvalue weighted by molar-refractivity contribution is 5.78. The second-order valence-corrected chi connectivity index (χ2v) is 3.90. The highest BCUT2D eigenvalue weighted by Gasteiger charge is 2.29. The van der Waals surface area contributed by atoms with Crippen LogP contribution in [0.15, 0.2) is 0 Å². The first-order valence-corrected chi connectivity index (χ1v) is 4.83. The molecule has 0 aromatic rings. The molecule has 0 aromatic carbocycles. The molecule has 4 nitrogen and oxygen atoms in total. The zero-order valence-corrected chi connectivity index (χ0v) is 7.95. The Kier molecular flexibility index (Phi) is 2.51. The highest BCUT2D eigenvalue weighted by Crippen LogP contribution is 2.12. The molecule has 1 amide bonds. The minimum atomic E-state index is 0.247. The van der Waals surface area contributed by atoms with E-state index in [1.807, 2.05) is 7.05 Å². The quantitative estimate of drug-likeness (QED) is 0.634. The van der Waals surface area contributed by atoms with Gasteiger partial charge < -0.3 is 15.0 Å². The van der Waals surface area contributed by atoms with Gasteiger partial charge in [-0.15, -0.1) is 0 Å². The fourth-order valence-corrected chi connectivity index (χ4v) is 1.97. The summed E-state index contributed by atoms with van der Waals surface area (Å²) in [6.07, 6.45) is 1.72. The third-order valence-corrected chi connectivity index (χ3v) is 2.74. The summed E-state index contributed by atoms with van der Waals surface area (Å²) in [6.45, 7) is 2.50. The summed E-state index contributed by atoms with van der Waals surface area (Å²) < 4.78 is 5.26. The maximum absolute atomic E-state index is 11.2. The molecule has 74 valence electrons. The monoisotopic (exact) mass is 184 g/mol. The van der Waals surface area contributed by atoms with Crippen molar-refractivity contribution >= 4 is 5.91 Å². The first kappa shape index (κ1) is 8.97. The maximum Gasteiger partial charge on any atom is 0.224 e. The van der Waals surface area contributed by atoms with Gasteiger partial charge in [0.05, 0.1) is 6.61 Å². The second kappa shape index (κ2) is 3.64. The number of nitrogens with zero attached hydrogens (tertiary/aromatic N) is 1. The van der Waals surface area contributed by atoms with Crippen LogP contribution in [0.5, 0.6) is 0 Å². The van der Waals surface area contributed by atoms with Gasteiger partial charge in [0.25, 0.3) is 0 Å². The van der Waals surface area contributed by atoms with Crippen LogP contribution in [0.4, 0.5) is 0 Å². The van der Waals surface area contributed by atoms with E-state index in [4.69, 9.17) is 4.74 Å². The molecule has 1 N–H and O–H groups in total. The summed E-state index contributed by atoms with van der Waals surface area (Å²) in [5, 5.41) is 3.45. The number of carbonyl (C=O) groups excluding carboxylic acids is 1. The average molecular weight is 184 g/mol. The topological polar surface area (TPSA) is 41.6 Å². The van der Waals surface area contributed by atoms with Crippen molar-refractivity contribution in [3.05, 3.63) is 0 Å². The van der Waals surface area contributed by atoms with Crippen LogP contribution < -0.4 is 5.32 Å². The standard InChI is InChI=1S/C9H16N2O2/c1-11-5-8(4-9(11)12)10-7-2-3-13-6-7/h7-8,10H,2-6H2,1H3. The minimum Gasteiger partial charge on any atom is -0.380 e. The first-order valence-electron chi connectivity index (χ1n) is 4.83. The van der Waals surface area contributed by atoms with Gasteiger partial charge in [0.15, 0.2) is 0 Å². The first-order chi connectivity index (χ1) is 6.25. The summed E-state index contributed by atoms with van der Waals surface area (Å²) in [5.74, 6) is 0.247. The van der Waals surface area contributed by atoms with Crippen LogP contribution >= 0.6 is 0 Å². The van der Waals surface area contributed by atoms with Gasteiger partial charge in [0, 0.05) is 38.7 Å². The molecule has 0 saturated carbocycles. The van der Waals surface area contributed by atoms with Crippen LogP contribution in [0.25, 0.3) is 0 Å². The predicted octanol–water partition coefficient (Wildman–Crippen LogP) is -0.404. The summed E-state index contributed by atoms with van der Waals surface area (Å²) >= 11 is 0. The Morgan fingerprint density at radius 1 is 1.54 bits per heavy atom. The molecule has 4 heteroatoms. The molecule has 13 heavy (non-hydrogen) atoms. The van der Waals surface area contributed by atoms with Crippen molar-refractivity contribution in [1.29, 1.82) is 0 Å². The van der Waals surface area contributed by atoms with Crippen LogP contribution in [-0.4, -0.2) is 49.7 Å². The van der Waals surface area contributed by atoms with Crippen molar-refractivity contribution in [2.75, 3.05) is 26.8 Å². The van der Waals surface area contributed by atoms with Crippen molar-refractivity contribution in [3.63, 3.8) is 0 Å². The van der Waals surface area contributed by atoms with Crippen LogP contribution in [0.1, 0.15) is 12.8 Å². The van der Waals surface area contributed by atoms with Crippen LogP contribution in [-0.2, 0) is 9.53 Å². The number of nitrogens with one attached hydrogen (secondary N) is 1. The summed E-state index contributed by atoms with van der Waals surface area (Å²) in [7, 11) is 1.86. The Balaban J connectivity index is 1.79. The molecule has 2 atom stereocenters. The van der Waals surface area contributed by atoms with Crippen molar-refractivity contribution < 1.29 is 9.53 Å². The van der Waals surface area contributed by atoms with Gasteiger partial charge in [-0.05, 0) is 6.42 Å². The zero-order valence-electron chi connectivity index (χ0n) is 7.95. The second-order valence-electron chi connectivity index (χ2n) is 3.90. The number of rotatable bonds is 2. The van der Waals surface area contributed by atoms with Gasteiger partial charge in [-0.1, -0.05) is 0 Å². The molecular weight excluding hydrogens is 168 g/mol. The number of amides is 1. The van der Waals surface area contributed by atoms with Crippen molar-refractivity contribution in [2.45, 2.75) is 24.9 Å². The Bertz CT molecular complexity index is 202. The lowest BCUT2D eigenvalue weighted by Gasteiger charge is -2.16. The largest absolute Gasteiger partial charge is 0.380 e. The van der Waals surface area contributed by atoms with Crippen molar-refractivity contribution in [3.8, 4) is 0 Å². The SMILES string of the molecule is CN1CC(NC2CCOC2)CC1=O. The molecule has 0 aromatic heterocycles. The smallest absolute Gasteiger partial charge is 0.224 e. The van der Waals surface area contributed by atoms with Gasteiger partial charge in [-0.25, -0.2) is 0 Å². The molecule has 2 rings (SSSR count). The third kappa shape index (κ3) is 2.00. The number of ether oxygens (including phenoxy) is 1. The summed E-state index contributed by atoms with van der Waals surface area (Å²) in [5.41, 5.74) is 0. The van der Waals surface area contributed by atoms with E-state index in [1.54, 1.807) is 4.90 Å². The van der Waals surface area contributed by atoms with E-state index in [1.165, 1.54) is 0 Å². The molecule has 2 fully saturated rings. The van der Waals surface area contributed by atoms with E-state index in [0.29, 0.717) is 18.5 Å². The van der Waals surface area contributed by atoms with Gasteiger partial charge in [-0.3, -0.25) is 4.79 Å². The van der Waals surface area contributed by atoms with E-state index in [9.17, 15) is 4.79 Å². The number of hydrogen-bond donors (Lipinski definition) is 1. The Morgan fingerprint density at radius 3 is 2.92 bits per heavy atom. The number of likely N-dealkylation sites (N-methyl/N-ethyl adjacent to an activating group) is 1. The van der Waals surface area contributed by atoms with E-state index < -0.39 is 0 Å². The van der Waals surface area contributed by atoms with E-state index in [0.717, 1.165) is 26.2 Å². The normalized spacial score (nSPS) is 34.5. The van der Waals surface area contributed by atoms with Gasteiger partial charge in [-0.2, -0.15) is 0 Å². The minimum absolute atomic E-state index is 0.247. The Labute approximate surface area is 78.2 Å². The van der Waals surface area contributed by atoms with Crippen molar-refractivity contribution in [1.82, 2.24) is 10.2 Å². The van der Waals surface area contributed by atoms with Crippen LogP contribution in [0.2, 0.25) is 0 Å². The van der Waals surface area contributed by atoms with E-state index >= 15 is 0 Å². The molecule has 2 saturated heterocycles. The molecule has 2 aliphatic heterocycles. The molecule has 0 bridgehead atoms. The number of carbonyl (C=O) groups is 1. The lowest BCUT2D eigenvalue weighted by Crippen LogP contribution is -2.39. The van der Waals surface area contributed by atoms with Crippen LogP contribution in [0, 0.1) is 0 Å². The molecular formula is C9H16N2O2. The zero-order chi connectivity index (χ0) is 9.26. The average Bonchev–Trinajstić information content (AvgIpc) is 2.64. The summed E-state index contributed by atoms with van der Waals surface area (Å²) in [4.78, 5) is 13.0. The third-order valence-electron chi connectivity index (χ3n) is 2.74. The lowest BCUT2D eigenvalue weighted by molar-refractivity contribution is -0.126. The van der Waals surface area contributed by atoms with Gasteiger partial charge >= 0.3 is 0 Å². The molecule has 2 heterocycles. The van der Waals surface area contributed by atoms with E-state index in [-0.39, 0.29) is 5.91 Å². The highest BCUT2D eigenvalue weighted by atomic mass is 16.5. The molecule has 0 aliphatic carbocycles. The summed E-state index contributed by atoms with van der Waals surface area (Å²) in [6, 6.07) is 0.800. The Hall–Kier alpha value is -0.610. The molecule has 2 unspecified atom stereocenters. The van der Waals surface area contributed by atoms with Crippen molar-refractivity contribution in [2.24, 2.45) is 0 Å². The molecule has 0 spiro atoms. The van der Waals surface area contributed by atoms with E-state index in [2.05, 4.69) is 5.32 Å².